The van der Waals surface area contributed by atoms with E-state index in [0.717, 1.165) is 23.9 Å². The molecule has 0 saturated heterocycles. The van der Waals surface area contributed by atoms with Crippen LogP contribution in [0.1, 0.15) is 40.0 Å². The Morgan fingerprint density at radius 3 is 2.83 bits per heavy atom. The van der Waals surface area contributed by atoms with E-state index >= 15 is 0 Å². The highest BCUT2D eigenvalue weighted by molar-refractivity contribution is 7.99. The summed E-state index contributed by atoms with van der Waals surface area (Å²) < 4.78 is 1.67. The molecular formula is C12H24N4OS. The first kappa shape index (κ1) is 15.3. The number of nitrogens with one attached hydrogen (secondary N) is 2. The maximum Gasteiger partial charge on any atom is 0.343 e. The molecule has 1 heterocycles. The molecule has 0 saturated carbocycles. The van der Waals surface area contributed by atoms with Gasteiger partial charge in [-0.2, -0.15) is 0 Å². The molecule has 0 radical (unpaired) electrons. The summed E-state index contributed by atoms with van der Waals surface area (Å²) in [7, 11) is 0. The fourth-order valence-electron chi connectivity index (χ4n) is 1.92. The molecule has 5 nitrogen and oxygen atoms in total. The lowest BCUT2D eigenvalue weighted by molar-refractivity contribution is 0.477. The average molecular weight is 272 g/mol. The molecule has 0 aliphatic heterocycles. The molecule has 2 N–H and O–H groups in total. The number of nitrogens with zero attached hydrogens (tertiary/aromatic N) is 2. The Labute approximate surface area is 113 Å². The van der Waals surface area contributed by atoms with Crippen molar-refractivity contribution in [3.63, 3.8) is 0 Å². The molecular weight excluding hydrogens is 248 g/mol. The van der Waals surface area contributed by atoms with Crippen molar-refractivity contribution in [2.24, 2.45) is 0 Å². The largest absolute Gasteiger partial charge is 0.343 e. The van der Waals surface area contributed by atoms with Crippen LogP contribution in [0.4, 0.5) is 0 Å². The van der Waals surface area contributed by atoms with Gasteiger partial charge >= 0.3 is 5.69 Å². The summed E-state index contributed by atoms with van der Waals surface area (Å²) in [4.78, 5) is 11.4. The van der Waals surface area contributed by atoms with Gasteiger partial charge in [-0.3, -0.25) is 4.57 Å². The minimum Gasteiger partial charge on any atom is -0.314 e. The van der Waals surface area contributed by atoms with Crippen LogP contribution in [0.3, 0.4) is 0 Å². The van der Waals surface area contributed by atoms with Crippen LogP contribution in [0.2, 0.25) is 0 Å². The maximum atomic E-state index is 11.4. The number of hydrogen-bond donors (Lipinski definition) is 2. The van der Waals surface area contributed by atoms with E-state index in [9.17, 15) is 4.79 Å². The van der Waals surface area contributed by atoms with Crippen LogP contribution in [0.5, 0.6) is 0 Å². The van der Waals surface area contributed by atoms with Crippen LogP contribution in [0.15, 0.2) is 9.95 Å². The average Bonchev–Trinajstić information content (AvgIpc) is 2.73. The molecule has 1 atom stereocenters. The van der Waals surface area contributed by atoms with Crippen molar-refractivity contribution in [2.75, 3.05) is 12.3 Å². The lowest BCUT2D eigenvalue weighted by Gasteiger charge is -2.14. The predicted octanol–water partition coefficient (Wildman–Crippen LogP) is 1.85. The van der Waals surface area contributed by atoms with Gasteiger partial charge in [-0.25, -0.2) is 9.89 Å². The summed E-state index contributed by atoms with van der Waals surface area (Å²) >= 11 is 1.66. The first-order chi connectivity index (χ1) is 8.72. The van der Waals surface area contributed by atoms with Crippen molar-refractivity contribution in [3.05, 3.63) is 10.5 Å². The van der Waals surface area contributed by atoms with Gasteiger partial charge in [-0.15, -0.1) is 5.10 Å². The molecule has 1 aromatic heterocycles. The van der Waals surface area contributed by atoms with Gasteiger partial charge in [-0.1, -0.05) is 25.6 Å². The number of aromatic nitrogens is 3. The van der Waals surface area contributed by atoms with Crippen molar-refractivity contribution in [3.8, 4) is 0 Å². The third-order valence-corrected chi connectivity index (χ3v) is 4.02. The second-order valence-electron chi connectivity index (χ2n) is 4.21. The normalized spacial score (nSPS) is 12.8. The van der Waals surface area contributed by atoms with Crippen LogP contribution in [-0.4, -0.2) is 33.1 Å². The van der Waals surface area contributed by atoms with Gasteiger partial charge in [0.25, 0.3) is 0 Å². The third kappa shape index (κ3) is 4.49. The molecule has 6 heteroatoms. The fourth-order valence-corrected chi connectivity index (χ4v) is 2.90. The van der Waals surface area contributed by atoms with Gasteiger partial charge in [0.2, 0.25) is 0 Å². The van der Waals surface area contributed by atoms with E-state index in [1.54, 1.807) is 16.3 Å². The van der Waals surface area contributed by atoms with Crippen molar-refractivity contribution >= 4 is 11.8 Å². The molecule has 0 fully saturated rings. The second-order valence-corrected chi connectivity index (χ2v) is 5.27. The molecule has 0 aromatic carbocycles. The Bertz CT molecular complexity index is 388. The van der Waals surface area contributed by atoms with Gasteiger partial charge in [0.15, 0.2) is 5.16 Å². The fraction of sp³-hybridized carbons (Fsp3) is 0.833. The van der Waals surface area contributed by atoms with Crippen molar-refractivity contribution < 1.29 is 0 Å². The summed E-state index contributed by atoms with van der Waals surface area (Å²) in [5.41, 5.74) is -0.112. The number of H-pyrrole nitrogens is 1. The second kappa shape index (κ2) is 8.37. The lowest BCUT2D eigenvalue weighted by Crippen LogP contribution is -2.28. The molecule has 18 heavy (non-hydrogen) atoms. The molecule has 0 aliphatic carbocycles. The van der Waals surface area contributed by atoms with E-state index in [4.69, 9.17) is 0 Å². The van der Waals surface area contributed by atoms with E-state index in [2.05, 4.69) is 29.4 Å². The van der Waals surface area contributed by atoms with E-state index in [0.29, 0.717) is 12.6 Å². The summed E-state index contributed by atoms with van der Waals surface area (Å²) in [6, 6.07) is 0.614. The van der Waals surface area contributed by atoms with Crippen molar-refractivity contribution in [1.29, 1.82) is 0 Å². The zero-order chi connectivity index (χ0) is 13.4. The number of rotatable bonds is 9. The van der Waals surface area contributed by atoms with Gasteiger partial charge in [0, 0.05) is 18.3 Å². The highest BCUT2D eigenvalue weighted by atomic mass is 32.2. The minimum atomic E-state index is -0.112. The molecule has 104 valence electrons. The SMILES string of the molecule is CCNC(CC)CCCSc1n[nH]c(=O)n1CC. The topological polar surface area (TPSA) is 62.7 Å². The highest BCUT2D eigenvalue weighted by Crippen LogP contribution is 2.16. The molecule has 0 bridgehead atoms. The summed E-state index contributed by atoms with van der Waals surface area (Å²) in [5, 5.41) is 10.8. The number of aromatic amines is 1. The first-order valence-electron chi connectivity index (χ1n) is 6.74. The molecule has 0 aliphatic rings. The zero-order valence-corrected chi connectivity index (χ0v) is 12.3. The van der Waals surface area contributed by atoms with Crippen LogP contribution in [0.25, 0.3) is 0 Å². The maximum absolute atomic E-state index is 11.4. The van der Waals surface area contributed by atoms with Crippen molar-refractivity contribution in [2.45, 2.75) is 57.8 Å². The third-order valence-electron chi connectivity index (χ3n) is 2.95. The molecule has 0 spiro atoms. The van der Waals surface area contributed by atoms with Crippen molar-refractivity contribution in [1.82, 2.24) is 20.1 Å². The van der Waals surface area contributed by atoms with Crippen LogP contribution in [0, 0.1) is 0 Å². The standard InChI is InChI=1S/C12H24N4OS/c1-4-10(13-5-2)8-7-9-18-12-15-14-11(17)16(12)6-3/h10,13H,4-9H2,1-3H3,(H,14,17). The summed E-state index contributed by atoms with van der Waals surface area (Å²) in [5.74, 6) is 1.01. The highest BCUT2D eigenvalue weighted by Gasteiger charge is 2.08. The molecule has 1 aromatic rings. The Balaban J connectivity index is 2.31. The van der Waals surface area contributed by atoms with E-state index < -0.39 is 0 Å². The Kier molecular flexibility index (Phi) is 7.12. The van der Waals surface area contributed by atoms with Crippen LogP contribution < -0.4 is 11.0 Å². The van der Waals surface area contributed by atoms with Gasteiger partial charge in [0.1, 0.15) is 0 Å². The number of hydrogen-bond acceptors (Lipinski definition) is 4. The Morgan fingerprint density at radius 1 is 1.44 bits per heavy atom. The van der Waals surface area contributed by atoms with E-state index in [1.807, 2.05) is 6.92 Å². The Hall–Kier alpha value is -0.750. The Morgan fingerprint density at radius 2 is 2.22 bits per heavy atom. The van der Waals surface area contributed by atoms with E-state index in [1.165, 1.54) is 12.8 Å². The minimum absolute atomic E-state index is 0.112. The van der Waals surface area contributed by atoms with Gasteiger partial charge < -0.3 is 5.32 Å². The monoisotopic (exact) mass is 272 g/mol. The number of thioether (sulfide) groups is 1. The smallest absolute Gasteiger partial charge is 0.314 e. The molecule has 1 unspecified atom stereocenters. The van der Waals surface area contributed by atoms with Gasteiger partial charge in [-0.05, 0) is 32.7 Å². The van der Waals surface area contributed by atoms with Crippen LogP contribution in [-0.2, 0) is 6.54 Å². The first-order valence-corrected chi connectivity index (χ1v) is 7.72. The predicted molar refractivity (Wildman–Crippen MR) is 76.2 cm³/mol. The molecule has 1 rings (SSSR count). The van der Waals surface area contributed by atoms with Gasteiger partial charge in [0.05, 0.1) is 0 Å². The van der Waals surface area contributed by atoms with Crippen LogP contribution >= 0.6 is 11.8 Å². The molecule has 0 amide bonds. The lowest BCUT2D eigenvalue weighted by atomic mass is 10.1. The quantitative estimate of drug-likeness (QED) is 0.532. The summed E-state index contributed by atoms with van der Waals surface area (Å²) in [6.07, 6.45) is 3.49. The van der Waals surface area contributed by atoms with E-state index in [-0.39, 0.29) is 5.69 Å². The zero-order valence-electron chi connectivity index (χ0n) is 11.5. The summed E-state index contributed by atoms with van der Waals surface area (Å²) in [6.45, 7) is 8.01.